The van der Waals surface area contributed by atoms with Crippen molar-refractivity contribution >= 4 is 0 Å². The van der Waals surface area contributed by atoms with Crippen molar-refractivity contribution in [3.63, 3.8) is 0 Å². The van der Waals surface area contributed by atoms with Crippen LogP contribution in [0, 0.1) is 0 Å². The van der Waals surface area contributed by atoms with Crippen LogP contribution in [0.15, 0.2) is 60.7 Å². The summed E-state index contributed by atoms with van der Waals surface area (Å²) >= 11 is 0. The smallest absolute Gasteiger partial charge is 0.0870 e. The summed E-state index contributed by atoms with van der Waals surface area (Å²) in [6, 6.07) is 20.3. The average molecular weight is 283 g/mol. The van der Waals surface area contributed by atoms with Crippen LogP contribution in [-0.2, 0) is 0 Å². The monoisotopic (exact) mass is 283 g/mol. The lowest BCUT2D eigenvalue weighted by molar-refractivity contribution is 0.119. The third kappa shape index (κ3) is 4.16. The van der Waals surface area contributed by atoms with Crippen molar-refractivity contribution in [2.24, 2.45) is 0 Å². The van der Waals surface area contributed by atoms with Crippen LogP contribution in [0.25, 0.3) is 0 Å². The molecule has 112 valence electrons. The highest BCUT2D eigenvalue weighted by Gasteiger charge is 2.24. The van der Waals surface area contributed by atoms with Gasteiger partial charge in [0.25, 0.3) is 0 Å². The van der Waals surface area contributed by atoms with Crippen molar-refractivity contribution < 1.29 is 5.11 Å². The molecule has 21 heavy (non-hydrogen) atoms. The minimum absolute atomic E-state index is 0.0912. The summed E-state index contributed by atoms with van der Waals surface area (Å²) in [5.41, 5.74) is 2.18. The first kappa shape index (κ1) is 15.7. The topological polar surface area (TPSA) is 23.5 Å². The highest BCUT2D eigenvalue weighted by molar-refractivity contribution is 5.27. The maximum absolute atomic E-state index is 10.8. The lowest BCUT2D eigenvalue weighted by atomic mass is 9.88. The van der Waals surface area contributed by atoms with Gasteiger partial charge in [-0.2, -0.15) is 0 Å². The SMILES string of the molecule is CCN(CC)C[C@H](c1ccccc1)[C@H](O)c1ccccc1. The zero-order valence-electron chi connectivity index (χ0n) is 12.9. The molecule has 2 atom stereocenters. The van der Waals surface area contributed by atoms with Gasteiger partial charge in [0.05, 0.1) is 6.10 Å². The molecule has 0 aliphatic rings. The van der Waals surface area contributed by atoms with Crippen molar-refractivity contribution in [3.05, 3.63) is 71.8 Å². The molecule has 0 unspecified atom stereocenters. The third-order valence-corrected chi connectivity index (χ3v) is 4.10. The quantitative estimate of drug-likeness (QED) is 0.834. The van der Waals surface area contributed by atoms with Crippen LogP contribution >= 0.6 is 0 Å². The van der Waals surface area contributed by atoms with E-state index >= 15 is 0 Å². The van der Waals surface area contributed by atoms with Gasteiger partial charge < -0.3 is 10.0 Å². The standard InChI is InChI=1S/C19H25NO/c1-3-20(4-2)15-18(16-11-7-5-8-12-16)19(21)17-13-9-6-10-14-17/h5-14,18-19,21H,3-4,15H2,1-2H3/t18-,19-/m1/s1. The van der Waals surface area contributed by atoms with E-state index in [1.807, 2.05) is 48.5 Å². The van der Waals surface area contributed by atoms with E-state index in [1.165, 1.54) is 5.56 Å². The molecule has 2 aromatic rings. The summed E-state index contributed by atoms with van der Waals surface area (Å²) in [6.45, 7) is 7.21. The van der Waals surface area contributed by atoms with Gasteiger partial charge in [-0.3, -0.25) is 0 Å². The van der Waals surface area contributed by atoms with E-state index in [1.54, 1.807) is 0 Å². The van der Waals surface area contributed by atoms with E-state index in [4.69, 9.17) is 0 Å². The Kier molecular flexibility index (Phi) is 5.97. The van der Waals surface area contributed by atoms with Crippen LogP contribution in [0.4, 0.5) is 0 Å². The number of hydrogen-bond donors (Lipinski definition) is 1. The Morgan fingerprint density at radius 1 is 0.810 bits per heavy atom. The Morgan fingerprint density at radius 3 is 1.76 bits per heavy atom. The molecule has 2 rings (SSSR count). The number of hydrogen-bond acceptors (Lipinski definition) is 2. The predicted octanol–water partition coefficient (Wildman–Crippen LogP) is 3.85. The molecule has 2 nitrogen and oxygen atoms in total. The Balaban J connectivity index is 2.27. The predicted molar refractivity (Wildman–Crippen MR) is 88.4 cm³/mol. The number of aliphatic hydroxyl groups is 1. The Labute approximate surface area is 128 Å². The van der Waals surface area contributed by atoms with Crippen LogP contribution in [0.5, 0.6) is 0 Å². The molecule has 2 heteroatoms. The number of rotatable bonds is 7. The van der Waals surface area contributed by atoms with Crippen LogP contribution in [0.3, 0.4) is 0 Å². The first-order valence-electron chi connectivity index (χ1n) is 7.76. The van der Waals surface area contributed by atoms with Gasteiger partial charge >= 0.3 is 0 Å². The third-order valence-electron chi connectivity index (χ3n) is 4.10. The van der Waals surface area contributed by atoms with Crippen LogP contribution in [0.1, 0.15) is 37.0 Å². The highest BCUT2D eigenvalue weighted by Crippen LogP contribution is 2.31. The molecule has 0 heterocycles. The summed E-state index contributed by atoms with van der Waals surface area (Å²) < 4.78 is 0. The zero-order chi connectivity index (χ0) is 15.1. The van der Waals surface area contributed by atoms with Crippen LogP contribution in [0.2, 0.25) is 0 Å². The molecule has 0 aliphatic carbocycles. The molecule has 1 N–H and O–H groups in total. The van der Waals surface area contributed by atoms with Gasteiger partial charge in [-0.25, -0.2) is 0 Å². The van der Waals surface area contributed by atoms with E-state index < -0.39 is 6.10 Å². The maximum atomic E-state index is 10.8. The van der Waals surface area contributed by atoms with Crippen molar-refractivity contribution in [2.75, 3.05) is 19.6 Å². The molecule has 0 aliphatic heterocycles. The molecule has 2 aromatic carbocycles. The minimum Gasteiger partial charge on any atom is -0.388 e. The lowest BCUT2D eigenvalue weighted by Gasteiger charge is -2.29. The normalized spacial score (nSPS) is 14.1. The number of benzene rings is 2. The van der Waals surface area contributed by atoms with E-state index in [9.17, 15) is 5.11 Å². The Morgan fingerprint density at radius 2 is 1.29 bits per heavy atom. The molecule has 0 fully saturated rings. The molecule has 0 aromatic heterocycles. The van der Waals surface area contributed by atoms with Crippen LogP contribution in [-0.4, -0.2) is 29.6 Å². The molecule has 0 radical (unpaired) electrons. The van der Waals surface area contributed by atoms with E-state index in [-0.39, 0.29) is 5.92 Å². The summed E-state index contributed by atoms with van der Waals surface area (Å²) in [5.74, 6) is 0.0912. The van der Waals surface area contributed by atoms with Crippen molar-refractivity contribution in [1.29, 1.82) is 0 Å². The largest absolute Gasteiger partial charge is 0.388 e. The molecular weight excluding hydrogens is 258 g/mol. The fourth-order valence-electron chi connectivity index (χ4n) is 2.73. The second kappa shape index (κ2) is 7.96. The summed E-state index contributed by atoms with van der Waals surface area (Å²) in [7, 11) is 0. The van der Waals surface area contributed by atoms with Gasteiger partial charge in [-0.1, -0.05) is 74.5 Å². The molecule has 0 saturated carbocycles. The minimum atomic E-state index is -0.478. The second-order valence-electron chi connectivity index (χ2n) is 5.36. The van der Waals surface area contributed by atoms with E-state index in [0.717, 1.165) is 25.2 Å². The lowest BCUT2D eigenvalue weighted by Crippen LogP contribution is -2.31. The highest BCUT2D eigenvalue weighted by atomic mass is 16.3. The summed E-state index contributed by atoms with van der Waals surface area (Å²) in [5, 5.41) is 10.8. The first-order valence-corrected chi connectivity index (χ1v) is 7.76. The Bertz CT molecular complexity index is 508. The molecule has 0 saturated heterocycles. The van der Waals surface area contributed by atoms with Crippen LogP contribution < -0.4 is 0 Å². The zero-order valence-corrected chi connectivity index (χ0v) is 12.9. The first-order chi connectivity index (χ1) is 10.3. The number of nitrogens with zero attached hydrogens (tertiary/aromatic N) is 1. The van der Waals surface area contributed by atoms with Gasteiger partial charge in [0.1, 0.15) is 0 Å². The Hall–Kier alpha value is -1.64. The summed E-state index contributed by atoms with van der Waals surface area (Å²) in [6.07, 6.45) is -0.478. The second-order valence-corrected chi connectivity index (χ2v) is 5.36. The van der Waals surface area contributed by atoms with Gasteiger partial charge in [0.15, 0.2) is 0 Å². The van der Waals surface area contributed by atoms with E-state index in [0.29, 0.717) is 0 Å². The number of likely N-dealkylation sites (N-methyl/N-ethyl adjacent to an activating group) is 1. The molecule has 0 amide bonds. The van der Waals surface area contributed by atoms with E-state index in [2.05, 4.69) is 30.9 Å². The summed E-state index contributed by atoms with van der Waals surface area (Å²) in [4.78, 5) is 2.36. The molecule has 0 spiro atoms. The van der Waals surface area contributed by atoms with Gasteiger partial charge in [0.2, 0.25) is 0 Å². The van der Waals surface area contributed by atoms with Crippen molar-refractivity contribution in [2.45, 2.75) is 25.9 Å². The van der Waals surface area contributed by atoms with Crippen molar-refractivity contribution in [1.82, 2.24) is 4.90 Å². The van der Waals surface area contributed by atoms with Crippen molar-refractivity contribution in [3.8, 4) is 0 Å². The fraction of sp³-hybridized carbons (Fsp3) is 0.368. The van der Waals surface area contributed by atoms with Gasteiger partial charge in [0, 0.05) is 12.5 Å². The fourth-order valence-corrected chi connectivity index (χ4v) is 2.73. The van der Waals surface area contributed by atoms with Gasteiger partial charge in [-0.05, 0) is 24.2 Å². The maximum Gasteiger partial charge on any atom is 0.0870 e. The van der Waals surface area contributed by atoms with Gasteiger partial charge in [-0.15, -0.1) is 0 Å². The average Bonchev–Trinajstić information content (AvgIpc) is 2.57. The molecule has 0 bridgehead atoms. The molecular formula is C19H25NO. The number of aliphatic hydroxyl groups excluding tert-OH is 1.